The van der Waals surface area contributed by atoms with Crippen LogP contribution in [-0.2, 0) is 16.1 Å². The quantitative estimate of drug-likeness (QED) is 0.500. The number of aliphatic hydroxyl groups excluding tert-OH is 1. The molecule has 0 unspecified atom stereocenters. The number of carbonyl (C=O) groups is 2. The van der Waals surface area contributed by atoms with Crippen molar-refractivity contribution in [3.05, 3.63) is 58.4 Å². The van der Waals surface area contributed by atoms with E-state index in [2.05, 4.69) is 16.0 Å². The first-order valence-corrected chi connectivity index (χ1v) is 12.0. The second-order valence-corrected chi connectivity index (χ2v) is 9.33. The van der Waals surface area contributed by atoms with Gasteiger partial charge in [-0.3, -0.25) is 14.8 Å². The number of hydrogen-bond donors (Lipinski definition) is 4. The molecule has 11 heteroatoms. The number of benzene rings is 2. The lowest BCUT2D eigenvalue weighted by Crippen LogP contribution is -2.48. The molecule has 2 bridgehead atoms. The lowest BCUT2D eigenvalue weighted by atomic mass is 9.89. The van der Waals surface area contributed by atoms with Gasteiger partial charge in [0.05, 0.1) is 35.6 Å². The minimum absolute atomic E-state index is 0.0167. The van der Waals surface area contributed by atoms with Crippen LogP contribution in [0.4, 0.5) is 20.6 Å². The molecule has 4 N–H and O–H groups in total. The molecule has 5 rings (SSSR count). The maximum atomic E-state index is 13.7. The normalized spacial score (nSPS) is 22.9. The lowest BCUT2D eigenvalue weighted by molar-refractivity contribution is -0.129. The van der Waals surface area contributed by atoms with Crippen molar-refractivity contribution in [2.45, 2.75) is 37.6 Å². The molecule has 186 valence electrons. The standard InChI is InChI=1S/C24H27ClFN5O4/c25-17-4-3-15(26)9-20(17)30-6-1-7-31(30)23(33)12-28-24(34)27-11-14-2-5-18-16(8-14)22-10-19(29-18)21(32)13-35-22/h2-5,8-9,19,21-22,29,32H,1,6-7,10-13H2,(H2,27,28,34)/t19-,21-,22-/m1/s1. The van der Waals surface area contributed by atoms with Crippen LogP contribution in [0, 0.1) is 5.82 Å². The number of urea groups is 1. The van der Waals surface area contributed by atoms with Crippen molar-refractivity contribution in [1.29, 1.82) is 0 Å². The largest absolute Gasteiger partial charge is 0.389 e. The zero-order chi connectivity index (χ0) is 24.5. The van der Waals surface area contributed by atoms with Crippen molar-refractivity contribution in [2.24, 2.45) is 0 Å². The molecular weight excluding hydrogens is 477 g/mol. The van der Waals surface area contributed by atoms with Crippen molar-refractivity contribution in [3.8, 4) is 0 Å². The van der Waals surface area contributed by atoms with Crippen LogP contribution in [0.3, 0.4) is 0 Å². The Morgan fingerprint density at radius 2 is 2.06 bits per heavy atom. The minimum atomic E-state index is -0.523. The van der Waals surface area contributed by atoms with Gasteiger partial charge in [-0.1, -0.05) is 17.7 Å². The van der Waals surface area contributed by atoms with Crippen molar-refractivity contribution in [3.63, 3.8) is 0 Å². The third-order valence-corrected chi connectivity index (χ3v) is 6.88. The second kappa shape index (κ2) is 9.88. The molecule has 3 aliphatic heterocycles. The number of amides is 3. The number of aliphatic hydroxyl groups is 1. The highest BCUT2D eigenvalue weighted by atomic mass is 35.5. The Morgan fingerprint density at radius 1 is 1.20 bits per heavy atom. The van der Waals surface area contributed by atoms with Crippen molar-refractivity contribution < 1.29 is 23.8 Å². The molecule has 9 nitrogen and oxygen atoms in total. The van der Waals surface area contributed by atoms with Crippen molar-refractivity contribution in [1.82, 2.24) is 15.6 Å². The summed E-state index contributed by atoms with van der Waals surface area (Å²) in [5.41, 5.74) is 3.25. The lowest BCUT2D eigenvalue weighted by Gasteiger charge is -2.40. The predicted octanol–water partition coefficient (Wildman–Crippen LogP) is 2.55. The van der Waals surface area contributed by atoms with Crippen LogP contribution in [0.2, 0.25) is 5.02 Å². The molecule has 0 aliphatic carbocycles. The molecule has 3 atom stereocenters. The van der Waals surface area contributed by atoms with Gasteiger partial charge in [-0.25, -0.2) is 9.18 Å². The number of nitrogens with zero attached hydrogens (tertiary/aromatic N) is 2. The van der Waals surface area contributed by atoms with Gasteiger partial charge in [0, 0.05) is 43.4 Å². The van der Waals surface area contributed by atoms with Gasteiger partial charge in [0.1, 0.15) is 12.4 Å². The number of hydrazine groups is 1. The first kappa shape index (κ1) is 23.7. The van der Waals surface area contributed by atoms with Gasteiger partial charge in [0.15, 0.2) is 0 Å². The number of rotatable bonds is 5. The summed E-state index contributed by atoms with van der Waals surface area (Å²) in [6.45, 7) is 1.35. The van der Waals surface area contributed by atoms with Crippen LogP contribution in [0.15, 0.2) is 36.4 Å². The molecule has 3 heterocycles. The summed E-state index contributed by atoms with van der Waals surface area (Å²) in [7, 11) is 0. The summed E-state index contributed by atoms with van der Waals surface area (Å²) in [6, 6.07) is 9.33. The Hall–Kier alpha value is -3.08. The molecule has 2 saturated heterocycles. The number of nitrogens with one attached hydrogen (secondary N) is 3. The summed E-state index contributed by atoms with van der Waals surface area (Å²) in [5, 5.41) is 22.2. The average Bonchev–Trinajstić information content (AvgIpc) is 3.35. The molecule has 3 amide bonds. The fraction of sp³-hybridized carbons (Fsp3) is 0.417. The number of fused-ring (bicyclic) bond motifs is 4. The summed E-state index contributed by atoms with van der Waals surface area (Å²) in [4.78, 5) is 25.1. The Bertz CT molecular complexity index is 1140. The Labute approximate surface area is 207 Å². The molecule has 0 aromatic heterocycles. The third-order valence-electron chi connectivity index (χ3n) is 6.56. The van der Waals surface area contributed by atoms with Crippen LogP contribution < -0.4 is 21.0 Å². The van der Waals surface area contributed by atoms with Gasteiger partial charge in [-0.2, -0.15) is 0 Å². The van der Waals surface area contributed by atoms with E-state index in [1.807, 2.05) is 18.2 Å². The zero-order valence-corrected chi connectivity index (χ0v) is 19.7. The van der Waals surface area contributed by atoms with Crippen LogP contribution >= 0.6 is 11.6 Å². The maximum absolute atomic E-state index is 13.7. The highest BCUT2D eigenvalue weighted by molar-refractivity contribution is 6.33. The third kappa shape index (κ3) is 5.00. The average molecular weight is 504 g/mol. The number of carbonyl (C=O) groups excluding carboxylic acids is 2. The van der Waals surface area contributed by atoms with Crippen molar-refractivity contribution >= 4 is 34.9 Å². The second-order valence-electron chi connectivity index (χ2n) is 8.92. The molecular formula is C24H27ClFN5O4. The maximum Gasteiger partial charge on any atom is 0.315 e. The summed E-state index contributed by atoms with van der Waals surface area (Å²) < 4.78 is 19.5. The number of anilines is 2. The van der Waals surface area contributed by atoms with Crippen LogP contribution in [0.5, 0.6) is 0 Å². The molecule has 3 aliphatic rings. The molecule has 2 aromatic rings. The van der Waals surface area contributed by atoms with Gasteiger partial charge >= 0.3 is 6.03 Å². The Morgan fingerprint density at radius 3 is 2.91 bits per heavy atom. The van der Waals surface area contributed by atoms with Gasteiger partial charge in [-0.15, -0.1) is 0 Å². The fourth-order valence-electron chi connectivity index (χ4n) is 4.78. The number of ether oxygens (including phenoxy) is 1. The van der Waals surface area contributed by atoms with E-state index in [1.165, 1.54) is 23.2 Å². The first-order chi connectivity index (χ1) is 16.9. The molecule has 2 aromatic carbocycles. The van der Waals surface area contributed by atoms with Crippen LogP contribution in [0.1, 0.15) is 30.1 Å². The molecule has 0 saturated carbocycles. The molecule has 0 spiro atoms. The monoisotopic (exact) mass is 503 g/mol. The SMILES string of the molecule is O=C(NCC(=O)N1CCCN1c1cc(F)ccc1Cl)NCc1ccc2c(c1)[C@H]1C[C@@H](N2)[C@H](O)CO1. The number of halogens is 2. The smallest absolute Gasteiger partial charge is 0.315 e. The first-order valence-electron chi connectivity index (χ1n) is 11.6. The van der Waals surface area contributed by atoms with Crippen LogP contribution in [0.25, 0.3) is 0 Å². The van der Waals surface area contributed by atoms with Gasteiger partial charge in [0.25, 0.3) is 5.91 Å². The van der Waals surface area contributed by atoms with E-state index in [0.29, 0.717) is 43.2 Å². The van der Waals surface area contributed by atoms with E-state index in [-0.39, 0.29) is 31.1 Å². The van der Waals surface area contributed by atoms with E-state index in [9.17, 15) is 19.1 Å². The summed E-state index contributed by atoms with van der Waals surface area (Å²) in [5.74, 6) is -0.754. The summed E-state index contributed by atoms with van der Waals surface area (Å²) >= 11 is 6.20. The Kier molecular flexibility index (Phi) is 6.68. The fourth-order valence-corrected chi connectivity index (χ4v) is 4.99. The van der Waals surface area contributed by atoms with E-state index in [1.54, 1.807) is 5.01 Å². The minimum Gasteiger partial charge on any atom is -0.389 e. The van der Waals surface area contributed by atoms with Crippen LogP contribution in [-0.4, -0.2) is 60.4 Å². The van der Waals surface area contributed by atoms with E-state index in [0.717, 1.165) is 16.8 Å². The molecule has 35 heavy (non-hydrogen) atoms. The predicted molar refractivity (Wildman–Crippen MR) is 128 cm³/mol. The van der Waals surface area contributed by atoms with Gasteiger partial charge in [-0.05, 0) is 36.2 Å². The Balaban J connectivity index is 1.14. The highest BCUT2D eigenvalue weighted by Crippen LogP contribution is 2.39. The topological polar surface area (TPSA) is 106 Å². The van der Waals surface area contributed by atoms with Gasteiger partial charge < -0.3 is 25.8 Å². The zero-order valence-electron chi connectivity index (χ0n) is 19.0. The van der Waals surface area contributed by atoms with E-state index < -0.39 is 18.0 Å². The van der Waals surface area contributed by atoms with E-state index >= 15 is 0 Å². The highest BCUT2D eigenvalue weighted by Gasteiger charge is 2.36. The molecule has 2 fully saturated rings. The van der Waals surface area contributed by atoms with Crippen molar-refractivity contribution in [2.75, 3.05) is 36.6 Å². The summed E-state index contributed by atoms with van der Waals surface area (Å²) in [6.07, 6.45) is 0.802. The van der Waals surface area contributed by atoms with Gasteiger partial charge in [0.2, 0.25) is 0 Å². The number of hydrogen-bond acceptors (Lipinski definition) is 6. The van der Waals surface area contributed by atoms with E-state index in [4.69, 9.17) is 16.3 Å². The molecule has 0 radical (unpaired) electrons.